The number of aromatic amines is 2. The molecule has 0 aliphatic carbocycles. The lowest BCUT2D eigenvalue weighted by atomic mass is 9.99. The van der Waals surface area contributed by atoms with Gasteiger partial charge in [-0.1, -0.05) is 60.7 Å². The third-order valence-corrected chi connectivity index (χ3v) is 5.28. The van der Waals surface area contributed by atoms with Gasteiger partial charge in [0.2, 0.25) is 0 Å². The van der Waals surface area contributed by atoms with Gasteiger partial charge in [0, 0.05) is 23.6 Å². The fourth-order valence-electron chi connectivity index (χ4n) is 3.78. The van der Waals surface area contributed by atoms with E-state index in [2.05, 4.69) is 20.4 Å². The summed E-state index contributed by atoms with van der Waals surface area (Å²) in [7, 11) is 0. The minimum atomic E-state index is -0.283. The summed E-state index contributed by atoms with van der Waals surface area (Å²) < 4.78 is 0. The molecule has 0 aliphatic rings. The summed E-state index contributed by atoms with van der Waals surface area (Å²) in [5, 5.41) is 16.1. The number of aromatic nitrogens is 4. The second-order valence-corrected chi connectivity index (χ2v) is 7.27. The van der Waals surface area contributed by atoms with Crippen LogP contribution in [0.3, 0.4) is 0 Å². The molecular formula is C24H18N4O2. The molecule has 0 spiro atoms. The Morgan fingerprint density at radius 2 is 0.967 bits per heavy atom. The average molecular weight is 394 g/mol. The highest BCUT2D eigenvalue weighted by atomic mass is 16.1. The van der Waals surface area contributed by atoms with Crippen molar-refractivity contribution in [3.8, 4) is 0 Å². The minimum absolute atomic E-state index is 0.283. The van der Waals surface area contributed by atoms with Gasteiger partial charge in [-0.15, -0.1) is 0 Å². The Balaban J connectivity index is 1.72. The molecule has 30 heavy (non-hydrogen) atoms. The molecule has 0 radical (unpaired) electrons. The molecule has 5 rings (SSSR count). The van der Waals surface area contributed by atoms with Crippen molar-refractivity contribution in [2.24, 2.45) is 0 Å². The van der Waals surface area contributed by atoms with Gasteiger partial charge in [-0.25, -0.2) is 10.2 Å². The van der Waals surface area contributed by atoms with Crippen molar-refractivity contribution < 1.29 is 0 Å². The topological polar surface area (TPSA) is 91.5 Å². The van der Waals surface area contributed by atoms with Gasteiger partial charge < -0.3 is 0 Å². The van der Waals surface area contributed by atoms with Crippen LogP contribution in [0.2, 0.25) is 0 Å². The third-order valence-electron chi connectivity index (χ3n) is 5.28. The SMILES string of the molecule is O=c1[nH]nc(Cc2ccccc2)c2cc3c(=O)[nH]nc(Cc4ccccc4)c3cc12. The second-order valence-electron chi connectivity index (χ2n) is 7.27. The molecule has 0 saturated heterocycles. The van der Waals surface area contributed by atoms with E-state index >= 15 is 0 Å². The molecule has 2 heterocycles. The molecule has 0 aliphatic heterocycles. The van der Waals surface area contributed by atoms with Crippen molar-refractivity contribution in [3.63, 3.8) is 0 Å². The smallest absolute Gasteiger partial charge is 0.267 e. The highest BCUT2D eigenvalue weighted by molar-refractivity contribution is 5.99. The van der Waals surface area contributed by atoms with Crippen LogP contribution in [0.25, 0.3) is 21.5 Å². The molecular weight excluding hydrogens is 376 g/mol. The van der Waals surface area contributed by atoms with Crippen LogP contribution in [-0.2, 0) is 12.8 Å². The lowest BCUT2D eigenvalue weighted by molar-refractivity contribution is 0.928. The molecule has 0 saturated carbocycles. The maximum Gasteiger partial charge on any atom is 0.272 e. The normalized spacial score (nSPS) is 11.2. The number of nitrogens with zero attached hydrogens (tertiary/aromatic N) is 2. The Morgan fingerprint density at radius 3 is 1.37 bits per heavy atom. The Hall–Kier alpha value is -4.06. The number of fused-ring (bicyclic) bond motifs is 2. The first-order valence-corrected chi connectivity index (χ1v) is 9.69. The van der Waals surface area contributed by atoms with Crippen LogP contribution in [0.4, 0.5) is 0 Å². The summed E-state index contributed by atoms with van der Waals surface area (Å²) in [6.45, 7) is 0. The third kappa shape index (κ3) is 3.28. The number of benzene rings is 3. The van der Waals surface area contributed by atoms with Crippen LogP contribution in [0.1, 0.15) is 22.5 Å². The molecule has 6 nitrogen and oxygen atoms in total. The van der Waals surface area contributed by atoms with Crippen molar-refractivity contribution in [2.75, 3.05) is 0 Å². The molecule has 3 aromatic carbocycles. The molecule has 2 aromatic heterocycles. The van der Waals surface area contributed by atoms with Crippen LogP contribution in [-0.4, -0.2) is 20.4 Å². The van der Waals surface area contributed by atoms with Gasteiger partial charge in [-0.3, -0.25) is 9.59 Å². The zero-order valence-electron chi connectivity index (χ0n) is 16.1. The first kappa shape index (κ1) is 18.0. The Bertz CT molecular complexity index is 1360. The fourth-order valence-corrected chi connectivity index (χ4v) is 3.78. The van der Waals surface area contributed by atoms with Gasteiger partial charge in [0.05, 0.1) is 22.2 Å². The van der Waals surface area contributed by atoms with Crippen molar-refractivity contribution >= 4 is 21.5 Å². The van der Waals surface area contributed by atoms with Crippen LogP contribution >= 0.6 is 0 Å². The van der Waals surface area contributed by atoms with Gasteiger partial charge in [-0.05, 0) is 23.3 Å². The first-order valence-electron chi connectivity index (χ1n) is 9.69. The van der Waals surface area contributed by atoms with Gasteiger partial charge >= 0.3 is 0 Å². The van der Waals surface area contributed by atoms with Crippen LogP contribution in [0.5, 0.6) is 0 Å². The summed E-state index contributed by atoms with van der Waals surface area (Å²) in [4.78, 5) is 25.1. The molecule has 0 atom stereocenters. The van der Waals surface area contributed by atoms with Crippen LogP contribution in [0.15, 0.2) is 82.4 Å². The first-order chi connectivity index (χ1) is 14.7. The predicted octanol–water partition coefficient (Wildman–Crippen LogP) is 3.34. The lowest BCUT2D eigenvalue weighted by Crippen LogP contribution is -2.15. The van der Waals surface area contributed by atoms with Gasteiger partial charge in [0.25, 0.3) is 11.1 Å². The summed E-state index contributed by atoms with van der Waals surface area (Å²) in [6.07, 6.45) is 1.11. The van der Waals surface area contributed by atoms with E-state index in [4.69, 9.17) is 0 Å². The van der Waals surface area contributed by atoms with E-state index in [0.717, 1.165) is 22.5 Å². The van der Waals surface area contributed by atoms with E-state index in [1.807, 2.05) is 60.7 Å². The Morgan fingerprint density at radius 1 is 0.567 bits per heavy atom. The fraction of sp³-hybridized carbons (Fsp3) is 0.0833. The number of rotatable bonds is 4. The summed E-state index contributed by atoms with van der Waals surface area (Å²) in [6, 6.07) is 23.3. The molecule has 146 valence electrons. The van der Waals surface area contributed by atoms with Crippen LogP contribution < -0.4 is 11.1 Å². The monoisotopic (exact) mass is 394 g/mol. The molecule has 0 unspecified atom stereocenters. The van der Waals surface area contributed by atoms with Crippen molar-refractivity contribution in [3.05, 3.63) is 116 Å². The quantitative estimate of drug-likeness (QED) is 0.457. The number of hydrogen-bond donors (Lipinski definition) is 2. The van der Waals surface area contributed by atoms with Crippen molar-refractivity contribution in [1.82, 2.24) is 20.4 Å². The van der Waals surface area contributed by atoms with Gasteiger partial charge in [0.1, 0.15) is 0 Å². The Labute approximate surface area is 171 Å². The molecule has 0 bridgehead atoms. The van der Waals surface area contributed by atoms with Gasteiger partial charge in [-0.2, -0.15) is 10.2 Å². The number of nitrogens with one attached hydrogen (secondary N) is 2. The van der Waals surface area contributed by atoms with Gasteiger partial charge in [0.15, 0.2) is 0 Å². The molecule has 6 heteroatoms. The van der Waals surface area contributed by atoms with Crippen molar-refractivity contribution in [1.29, 1.82) is 0 Å². The van der Waals surface area contributed by atoms with Crippen molar-refractivity contribution in [2.45, 2.75) is 12.8 Å². The average Bonchev–Trinajstić information content (AvgIpc) is 2.78. The largest absolute Gasteiger partial charge is 0.272 e. The standard InChI is InChI=1S/C24H18N4O2/c29-23-19-14-18-20(24(30)28-26-22(18)12-16-9-5-2-6-10-16)13-17(19)21(25-27-23)11-15-7-3-1-4-8-15/h1-10,13-14H,11-12H2,(H,27,29)(H,28,30). The zero-order valence-corrected chi connectivity index (χ0v) is 16.1. The van der Waals surface area contributed by atoms with E-state index in [1.165, 1.54) is 0 Å². The predicted molar refractivity (Wildman–Crippen MR) is 117 cm³/mol. The summed E-state index contributed by atoms with van der Waals surface area (Å²) in [5.41, 5.74) is 3.03. The van der Waals surface area contributed by atoms with E-state index in [9.17, 15) is 9.59 Å². The van der Waals surface area contributed by atoms with E-state index in [0.29, 0.717) is 34.4 Å². The van der Waals surface area contributed by atoms with E-state index < -0.39 is 0 Å². The maximum atomic E-state index is 12.6. The summed E-state index contributed by atoms with van der Waals surface area (Å²) >= 11 is 0. The van der Waals surface area contributed by atoms with E-state index in [1.54, 1.807) is 12.1 Å². The lowest BCUT2D eigenvalue weighted by Gasteiger charge is -2.09. The Kier molecular flexibility index (Phi) is 4.44. The number of hydrogen-bond acceptors (Lipinski definition) is 4. The number of H-pyrrole nitrogens is 2. The van der Waals surface area contributed by atoms with E-state index in [-0.39, 0.29) is 11.1 Å². The second kappa shape index (κ2) is 7.40. The molecule has 2 N–H and O–H groups in total. The molecule has 0 amide bonds. The molecule has 0 fully saturated rings. The highest BCUT2D eigenvalue weighted by Gasteiger charge is 2.14. The van der Waals surface area contributed by atoms with Crippen LogP contribution in [0, 0.1) is 0 Å². The summed E-state index contributed by atoms with van der Waals surface area (Å²) in [5.74, 6) is 0. The zero-order chi connectivity index (χ0) is 20.5. The highest BCUT2D eigenvalue weighted by Crippen LogP contribution is 2.24. The minimum Gasteiger partial charge on any atom is -0.267 e. The molecule has 5 aromatic rings. The maximum absolute atomic E-state index is 12.6.